The first-order chi connectivity index (χ1) is 8.65. The summed E-state index contributed by atoms with van der Waals surface area (Å²) in [6.45, 7) is 1.66. The van der Waals surface area contributed by atoms with Gasteiger partial charge in [0, 0.05) is 0 Å². The maximum absolute atomic E-state index is 12.0. The Morgan fingerprint density at radius 3 is 2.56 bits per heavy atom. The lowest BCUT2D eigenvalue weighted by atomic mass is 10.2. The van der Waals surface area contributed by atoms with Gasteiger partial charge in [-0.25, -0.2) is 0 Å². The van der Waals surface area contributed by atoms with Gasteiger partial charge in [0.05, 0.1) is 23.5 Å². The number of carbonyl (C=O) groups excluding carboxylic acids is 1. The average molecular weight is 246 g/mol. The summed E-state index contributed by atoms with van der Waals surface area (Å²) in [5.74, 6) is -0.505. The predicted molar refractivity (Wildman–Crippen MR) is 64.1 cm³/mol. The fourth-order valence-electron chi connectivity index (χ4n) is 1.51. The van der Waals surface area contributed by atoms with Crippen molar-refractivity contribution in [2.75, 3.05) is 18.8 Å². The summed E-state index contributed by atoms with van der Waals surface area (Å²) in [5, 5.41) is 23.8. The molecule has 1 heterocycles. The second-order valence-corrected chi connectivity index (χ2v) is 3.69. The zero-order valence-corrected chi connectivity index (χ0v) is 10.1. The van der Waals surface area contributed by atoms with Crippen LogP contribution in [-0.4, -0.2) is 34.1 Å². The van der Waals surface area contributed by atoms with E-state index >= 15 is 0 Å². The van der Waals surface area contributed by atoms with Gasteiger partial charge in [0.25, 0.3) is 5.91 Å². The molecule has 0 aliphatic carbocycles. The number of rotatable bonds is 5. The maximum atomic E-state index is 12.0. The van der Waals surface area contributed by atoms with Crippen LogP contribution in [-0.2, 0) is 6.42 Å². The first-order valence-electron chi connectivity index (χ1n) is 5.51. The van der Waals surface area contributed by atoms with Crippen molar-refractivity contribution in [1.82, 2.24) is 15.1 Å². The van der Waals surface area contributed by atoms with Crippen LogP contribution in [0.2, 0.25) is 0 Å². The Bertz CT molecular complexity index is 491. The molecule has 1 aromatic rings. The van der Waals surface area contributed by atoms with E-state index in [-0.39, 0.29) is 18.8 Å². The summed E-state index contributed by atoms with van der Waals surface area (Å²) in [6.07, 6.45) is 1.57. The number of aromatic amines is 1. The lowest BCUT2D eigenvalue weighted by Crippen LogP contribution is -2.32. The van der Waals surface area contributed by atoms with Crippen molar-refractivity contribution >= 4 is 11.6 Å². The van der Waals surface area contributed by atoms with Crippen LogP contribution < -0.4 is 5.73 Å². The summed E-state index contributed by atoms with van der Waals surface area (Å²) in [7, 11) is 0. The highest BCUT2D eigenvalue weighted by Gasteiger charge is 2.22. The van der Waals surface area contributed by atoms with Gasteiger partial charge < -0.3 is 10.6 Å². The van der Waals surface area contributed by atoms with Gasteiger partial charge >= 0.3 is 0 Å². The van der Waals surface area contributed by atoms with Crippen molar-refractivity contribution < 1.29 is 4.79 Å². The van der Waals surface area contributed by atoms with Gasteiger partial charge in [0.1, 0.15) is 13.1 Å². The Kier molecular flexibility index (Phi) is 4.70. The second kappa shape index (κ2) is 6.26. The van der Waals surface area contributed by atoms with Gasteiger partial charge in [-0.2, -0.15) is 15.6 Å². The fourth-order valence-corrected chi connectivity index (χ4v) is 1.51. The van der Waals surface area contributed by atoms with E-state index in [2.05, 4.69) is 10.2 Å². The monoisotopic (exact) mass is 246 g/mol. The minimum atomic E-state index is -0.505. The van der Waals surface area contributed by atoms with Crippen LogP contribution in [0.1, 0.15) is 29.5 Å². The highest BCUT2D eigenvalue weighted by molar-refractivity contribution is 5.97. The van der Waals surface area contributed by atoms with Gasteiger partial charge in [-0.1, -0.05) is 13.3 Å². The molecule has 0 spiro atoms. The highest BCUT2D eigenvalue weighted by atomic mass is 16.2. The van der Waals surface area contributed by atoms with Crippen LogP contribution in [0, 0.1) is 22.7 Å². The molecule has 0 saturated heterocycles. The Balaban J connectivity index is 2.95. The number of nitrogen functional groups attached to an aromatic ring is 1. The topological polar surface area (TPSA) is 123 Å². The molecule has 1 aromatic heterocycles. The third-order valence-corrected chi connectivity index (χ3v) is 2.40. The maximum Gasteiger partial charge on any atom is 0.278 e. The lowest BCUT2D eigenvalue weighted by molar-refractivity contribution is 0.0790. The molecule has 1 rings (SSSR count). The summed E-state index contributed by atoms with van der Waals surface area (Å²) >= 11 is 0. The number of nitrogens with zero attached hydrogens (tertiary/aromatic N) is 4. The molecule has 7 heteroatoms. The van der Waals surface area contributed by atoms with Crippen molar-refractivity contribution in [3.05, 3.63) is 11.4 Å². The first kappa shape index (κ1) is 13.5. The third kappa shape index (κ3) is 2.77. The second-order valence-electron chi connectivity index (χ2n) is 3.69. The van der Waals surface area contributed by atoms with Gasteiger partial charge in [0.15, 0.2) is 5.69 Å². The van der Waals surface area contributed by atoms with E-state index < -0.39 is 5.91 Å². The van der Waals surface area contributed by atoms with Crippen LogP contribution in [0.4, 0.5) is 5.69 Å². The smallest absolute Gasteiger partial charge is 0.278 e. The zero-order chi connectivity index (χ0) is 13.5. The van der Waals surface area contributed by atoms with Crippen LogP contribution in [0.5, 0.6) is 0 Å². The van der Waals surface area contributed by atoms with E-state index in [1.807, 2.05) is 19.1 Å². The molecule has 18 heavy (non-hydrogen) atoms. The summed E-state index contributed by atoms with van der Waals surface area (Å²) in [4.78, 5) is 13.1. The number of H-pyrrole nitrogens is 1. The number of hydrogen-bond acceptors (Lipinski definition) is 5. The zero-order valence-electron chi connectivity index (χ0n) is 10.1. The molecule has 0 saturated carbocycles. The minimum Gasteiger partial charge on any atom is -0.395 e. The number of nitrogens with two attached hydrogens (primary N) is 1. The minimum absolute atomic E-state index is 0.0731. The van der Waals surface area contributed by atoms with Crippen molar-refractivity contribution in [3.63, 3.8) is 0 Å². The molecule has 0 atom stereocenters. The number of nitriles is 2. The molecule has 7 nitrogen and oxygen atoms in total. The van der Waals surface area contributed by atoms with Crippen LogP contribution in [0.3, 0.4) is 0 Å². The Labute approximate surface area is 105 Å². The molecule has 3 N–H and O–H groups in total. The molecular formula is C11H14N6O. The lowest BCUT2D eigenvalue weighted by Gasteiger charge is -2.14. The van der Waals surface area contributed by atoms with Gasteiger partial charge in [-0.05, 0) is 6.42 Å². The fraction of sp³-hybridized carbons (Fsp3) is 0.455. The number of carbonyl (C=O) groups is 1. The molecule has 0 aliphatic rings. The number of aromatic nitrogens is 2. The Morgan fingerprint density at radius 2 is 2.06 bits per heavy atom. The summed E-state index contributed by atoms with van der Waals surface area (Å²) in [6, 6.07) is 3.66. The van der Waals surface area contributed by atoms with Crippen molar-refractivity contribution in [1.29, 1.82) is 10.5 Å². The van der Waals surface area contributed by atoms with Gasteiger partial charge in [-0.15, -0.1) is 0 Å². The number of anilines is 1. The molecule has 0 aliphatic heterocycles. The number of hydrogen-bond donors (Lipinski definition) is 2. The van der Waals surface area contributed by atoms with Gasteiger partial charge in [0.2, 0.25) is 0 Å². The Hall–Kier alpha value is -2.54. The molecule has 0 unspecified atom stereocenters. The Morgan fingerprint density at radius 1 is 1.44 bits per heavy atom. The molecular weight excluding hydrogens is 232 g/mol. The third-order valence-electron chi connectivity index (χ3n) is 2.40. The highest BCUT2D eigenvalue weighted by Crippen LogP contribution is 2.17. The average Bonchev–Trinajstić information content (AvgIpc) is 2.71. The van der Waals surface area contributed by atoms with Crippen molar-refractivity contribution in [2.24, 2.45) is 0 Å². The van der Waals surface area contributed by atoms with Crippen LogP contribution in [0.25, 0.3) is 0 Å². The molecule has 94 valence electrons. The van der Waals surface area contributed by atoms with Crippen LogP contribution in [0.15, 0.2) is 0 Å². The summed E-state index contributed by atoms with van der Waals surface area (Å²) < 4.78 is 0. The number of amides is 1. The predicted octanol–water partition coefficient (Wildman–Crippen LogP) is 0.434. The first-order valence-corrected chi connectivity index (χ1v) is 5.51. The van der Waals surface area contributed by atoms with E-state index in [1.165, 1.54) is 0 Å². The molecule has 1 amide bonds. The van der Waals surface area contributed by atoms with E-state index in [0.29, 0.717) is 17.8 Å². The largest absolute Gasteiger partial charge is 0.395 e. The molecule has 0 fully saturated rings. The number of aryl methyl sites for hydroxylation is 1. The SMILES string of the molecule is CCCc1[nH]nc(C(=O)N(CC#N)CC#N)c1N. The van der Waals surface area contributed by atoms with Crippen molar-refractivity contribution in [2.45, 2.75) is 19.8 Å². The standard InChI is InChI=1S/C11H14N6O/c1-2-3-8-9(14)10(16-15-8)11(18)17(6-4-12)7-5-13/h2-3,6-7,14H2,1H3,(H,15,16). The van der Waals surface area contributed by atoms with E-state index in [0.717, 1.165) is 11.3 Å². The summed E-state index contributed by atoms with van der Waals surface area (Å²) in [5.41, 5.74) is 6.88. The number of nitrogens with one attached hydrogen (secondary N) is 1. The van der Waals surface area contributed by atoms with Crippen molar-refractivity contribution in [3.8, 4) is 12.1 Å². The van der Waals surface area contributed by atoms with Gasteiger partial charge in [-0.3, -0.25) is 9.89 Å². The molecule has 0 aromatic carbocycles. The molecule has 0 bridgehead atoms. The van der Waals surface area contributed by atoms with E-state index in [9.17, 15) is 4.79 Å². The van der Waals surface area contributed by atoms with E-state index in [1.54, 1.807) is 0 Å². The quantitative estimate of drug-likeness (QED) is 0.729. The van der Waals surface area contributed by atoms with E-state index in [4.69, 9.17) is 16.3 Å². The normalized spacial score (nSPS) is 9.50. The van der Waals surface area contributed by atoms with Crippen LogP contribution >= 0.6 is 0 Å². The molecule has 0 radical (unpaired) electrons.